The summed E-state index contributed by atoms with van der Waals surface area (Å²) in [5, 5.41) is 8.52. The van der Waals surface area contributed by atoms with Gasteiger partial charge >= 0.3 is 0 Å². The van der Waals surface area contributed by atoms with E-state index in [1.807, 2.05) is 0 Å². The molecule has 6 nitrogen and oxygen atoms in total. The second-order valence-corrected chi connectivity index (χ2v) is 8.71. The summed E-state index contributed by atoms with van der Waals surface area (Å²) in [5.74, 6) is 1.54. The van der Waals surface area contributed by atoms with Gasteiger partial charge in [0.15, 0.2) is 5.96 Å². The van der Waals surface area contributed by atoms with Crippen LogP contribution in [-0.2, 0) is 23.0 Å². The lowest BCUT2D eigenvalue weighted by atomic mass is 9.99. The van der Waals surface area contributed by atoms with Crippen molar-refractivity contribution in [2.45, 2.75) is 31.2 Å². The highest BCUT2D eigenvalue weighted by Gasteiger charge is 2.24. The van der Waals surface area contributed by atoms with E-state index in [0.717, 1.165) is 44.0 Å². The highest BCUT2D eigenvalue weighted by atomic mass is 32.2. The van der Waals surface area contributed by atoms with Crippen molar-refractivity contribution in [3.63, 3.8) is 0 Å². The second-order valence-electron chi connectivity index (χ2n) is 7.15. The zero-order valence-electron chi connectivity index (χ0n) is 16.2. The molecule has 1 aliphatic rings. The van der Waals surface area contributed by atoms with Crippen LogP contribution >= 0.6 is 0 Å². The fraction of sp³-hybridized carbons (Fsp3) is 0.381. The number of hydrogen-bond donors (Lipinski definition) is 2. The number of nitrogens with zero attached hydrogens (tertiary/aromatic N) is 2. The second kappa shape index (κ2) is 9.21. The molecule has 1 aliphatic heterocycles. The molecule has 2 aromatic carbocycles. The summed E-state index contributed by atoms with van der Waals surface area (Å²) in [6.07, 6.45) is 2.24. The van der Waals surface area contributed by atoms with Gasteiger partial charge in [-0.05, 0) is 48.9 Å². The molecule has 1 saturated heterocycles. The summed E-state index contributed by atoms with van der Waals surface area (Å²) in [6.45, 7) is 5.35. The first kappa shape index (κ1) is 20.4. The third kappa shape index (κ3) is 5.56. The normalized spacial score (nSPS) is 17.7. The van der Waals surface area contributed by atoms with Crippen molar-refractivity contribution >= 4 is 16.0 Å². The Balaban J connectivity index is 1.63. The first-order valence-corrected chi connectivity index (χ1v) is 11.2. The van der Waals surface area contributed by atoms with Crippen LogP contribution in [-0.4, -0.2) is 38.9 Å². The van der Waals surface area contributed by atoms with Crippen molar-refractivity contribution in [1.82, 2.24) is 10.2 Å². The minimum Gasteiger partial charge on any atom is -0.357 e. The number of guanidine groups is 1. The number of rotatable bonds is 6. The van der Waals surface area contributed by atoms with Crippen LogP contribution in [0.3, 0.4) is 0 Å². The fourth-order valence-electron chi connectivity index (χ4n) is 3.52. The maximum atomic E-state index is 11.4. The van der Waals surface area contributed by atoms with Crippen molar-refractivity contribution in [3.8, 4) is 0 Å². The average molecular weight is 401 g/mol. The van der Waals surface area contributed by atoms with Crippen LogP contribution in [0.4, 0.5) is 0 Å². The van der Waals surface area contributed by atoms with Crippen LogP contribution < -0.4 is 10.5 Å². The molecule has 1 heterocycles. The summed E-state index contributed by atoms with van der Waals surface area (Å²) in [5.41, 5.74) is 2.33. The van der Waals surface area contributed by atoms with Gasteiger partial charge in [0.25, 0.3) is 0 Å². The molecule has 0 aromatic heterocycles. The van der Waals surface area contributed by atoms with Crippen molar-refractivity contribution in [2.24, 2.45) is 16.0 Å². The van der Waals surface area contributed by atoms with Crippen LogP contribution in [0.2, 0.25) is 0 Å². The first-order valence-electron chi connectivity index (χ1n) is 9.64. The topological polar surface area (TPSA) is 87.8 Å². The van der Waals surface area contributed by atoms with Crippen LogP contribution in [0.15, 0.2) is 64.5 Å². The predicted octanol–water partition coefficient (Wildman–Crippen LogP) is 2.36. The lowest BCUT2D eigenvalue weighted by Gasteiger charge is -2.21. The van der Waals surface area contributed by atoms with Gasteiger partial charge < -0.3 is 10.2 Å². The fourth-order valence-corrected chi connectivity index (χ4v) is 4.03. The summed E-state index contributed by atoms with van der Waals surface area (Å²) < 4.78 is 22.7. The van der Waals surface area contributed by atoms with Gasteiger partial charge in [-0.2, -0.15) is 0 Å². The van der Waals surface area contributed by atoms with E-state index in [0.29, 0.717) is 12.5 Å². The largest absolute Gasteiger partial charge is 0.357 e. The third-order valence-corrected chi connectivity index (χ3v) is 5.88. The Kier molecular flexibility index (Phi) is 6.70. The van der Waals surface area contributed by atoms with E-state index in [1.54, 1.807) is 12.1 Å². The minimum absolute atomic E-state index is 0.121. The SMILES string of the molecule is CCNC(=NCc1ccc(S(N)(=O)=O)cc1)N1CCC(Cc2ccccc2)C1. The number of nitrogens with two attached hydrogens (primary N) is 1. The monoisotopic (exact) mass is 400 g/mol. The third-order valence-electron chi connectivity index (χ3n) is 4.95. The number of benzene rings is 2. The van der Waals surface area contributed by atoms with E-state index in [4.69, 9.17) is 10.1 Å². The molecule has 0 spiro atoms. The Morgan fingerprint density at radius 2 is 1.86 bits per heavy atom. The van der Waals surface area contributed by atoms with E-state index >= 15 is 0 Å². The molecule has 0 bridgehead atoms. The number of nitrogens with one attached hydrogen (secondary N) is 1. The van der Waals surface area contributed by atoms with E-state index in [2.05, 4.69) is 47.5 Å². The highest BCUT2D eigenvalue weighted by Crippen LogP contribution is 2.21. The zero-order valence-corrected chi connectivity index (χ0v) is 17.0. The Hall–Kier alpha value is -2.38. The van der Waals surface area contributed by atoms with E-state index in [1.165, 1.54) is 17.7 Å². The molecule has 1 unspecified atom stereocenters. The average Bonchev–Trinajstić information content (AvgIpc) is 3.14. The van der Waals surface area contributed by atoms with Crippen LogP contribution in [0, 0.1) is 5.92 Å². The van der Waals surface area contributed by atoms with E-state index in [9.17, 15) is 8.42 Å². The van der Waals surface area contributed by atoms with Gasteiger partial charge in [0.1, 0.15) is 0 Å². The molecule has 3 N–H and O–H groups in total. The van der Waals surface area contributed by atoms with Crippen molar-refractivity contribution in [3.05, 3.63) is 65.7 Å². The van der Waals surface area contributed by atoms with Crippen LogP contribution in [0.5, 0.6) is 0 Å². The molecule has 0 amide bonds. The number of hydrogen-bond acceptors (Lipinski definition) is 3. The first-order chi connectivity index (χ1) is 13.5. The summed E-state index contributed by atoms with van der Waals surface area (Å²) >= 11 is 0. The Labute approximate surface area is 167 Å². The van der Waals surface area contributed by atoms with Crippen LogP contribution in [0.25, 0.3) is 0 Å². The van der Waals surface area contributed by atoms with Gasteiger partial charge in [-0.3, -0.25) is 0 Å². The highest BCUT2D eigenvalue weighted by molar-refractivity contribution is 7.89. The van der Waals surface area contributed by atoms with Crippen molar-refractivity contribution in [1.29, 1.82) is 0 Å². The predicted molar refractivity (Wildman–Crippen MR) is 112 cm³/mol. The van der Waals surface area contributed by atoms with Gasteiger partial charge in [-0.1, -0.05) is 42.5 Å². The van der Waals surface area contributed by atoms with Gasteiger partial charge in [-0.15, -0.1) is 0 Å². The molecule has 0 radical (unpaired) electrons. The molecular weight excluding hydrogens is 372 g/mol. The molecule has 150 valence electrons. The van der Waals surface area contributed by atoms with Crippen molar-refractivity contribution < 1.29 is 8.42 Å². The minimum atomic E-state index is -3.66. The van der Waals surface area contributed by atoms with Gasteiger partial charge in [0.05, 0.1) is 11.4 Å². The molecule has 1 fully saturated rings. The number of sulfonamides is 1. The molecule has 7 heteroatoms. The number of likely N-dealkylation sites (tertiary alicyclic amines) is 1. The Morgan fingerprint density at radius 1 is 1.14 bits per heavy atom. The van der Waals surface area contributed by atoms with Crippen LogP contribution in [0.1, 0.15) is 24.5 Å². The quantitative estimate of drug-likeness (QED) is 0.576. The van der Waals surface area contributed by atoms with Gasteiger partial charge in [0.2, 0.25) is 10.0 Å². The molecule has 0 aliphatic carbocycles. The summed E-state index contributed by atoms with van der Waals surface area (Å²) in [4.78, 5) is 7.19. The van der Waals surface area contributed by atoms with E-state index < -0.39 is 10.0 Å². The maximum Gasteiger partial charge on any atom is 0.238 e. The molecule has 2 aromatic rings. The summed E-state index contributed by atoms with van der Waals surface area (Å²) in [7, 11) is -3.66. The van der Waals surface area contributed by atoms with Crippen molar-refractivity contribution in [2.75, 3.05) is 19.6 Å². The maximum absolute atomic E-state index is 11.4. The Morgan fingerprint density at radius 3 is 2.50 bits per heavy atom. The smallest absolute Gasteiger partial charge is 0.238 e. The molecule has 1 atom stereocenters. The molecule has 3 rings (SSSR count). The van der Waals surface area contributed by atoms with Gasteiger partial charge in [-0.25, -0.2) is 18.5 Å². The molecule has 0 saturated carbocycles. The van der Waals surface area contributed by atoms with Gasteiger partial charge in [0, 0.05) is 19.6 Å². The number of primary sulfonamides is 1. The van der Waals surface area contributed by atoms with E-state index in [-0.39, 0.29) is 4.90 Å². The molecule has 28 heavy (non-hydrogen) atoms. The lowest BCUT2D eigenvalue weighted by Crippen LogP contribution is -2.40. The number of aliphatic imine (C=N–C) groups is 1. The molecular formula is C21H28N4O2S. The Bertz CT molecular complexity index is 896. The summed E-state index contributed by atoms with van der Waals surface area (Å²) in [6, 6.07) is 17.2. The zero-order chi connectivity index (χ0) is 20.0. The lowest BCUT2D eigenvalue weighted by molar-refractivity contribution is 0.460. The standard InChI is InChI=1S/C21H28N4O2S/c1-2-23-21(24-15-18-8-10-20(11-9-18)28(22,26)27)25-13-12-19(16-25)14-17-6-4-3-5-7-17/h3-11,19H,2,12-16H2,1H3,(H,23,24)(H2,22,26,27).